The van der Waals surface area contributed by atoms with Crippen LogP contribution in [0.25, 0.3) is 0 Å². The van der Waals surface area contributed by atoms with Gasteiger partial charge in [-0.15, -0.1) is 0 Å². The third-order valence-corrected chi connectivity index (χ3v) is 4.66. The van der Waals surface area contributed by atoms with Crippen molar-refractivity contribution in [2.45, 2.75) is 38.8 Å². The van der Waals surface area contributed by atoms with Crippen LogP contribution in [0.2, 0.25) is 0 Å². The molecule has 0 radical (unpaired) electrons. The van der Waals surface area contributed by atoms with E-state index in [0.717, 1.165) is 19.6 Å². The summed E-state index contributed by atoms with van der Waals surface area (Å²) in [6, 6.07) is 0.634. The van der Waals surface area contributed by atoms with Gasteiger partial charge in [-0.3, -0.25) is 4.90 Å². The molecule has 2 atom stereocenters. The molecule has 0 aromatic rings. The van der Waals surface area contributed by atoms with Gasteiger partial charge in [-0.25, -0.2) is 0 Å². The zero-order valence-electron chi connectivity index (χ0n) is 13.1. The van der Waals surface area contributed by atoms with Crippen LogP contribution in [-0.2, 0) is 4.74 Å². The van der Waals surface area contributed by atoms with Crippen LogP contribution in [-0.4, -0.2) is 74.4 Å². The first-order chi connectivity index (χ1) is 9.00. The predicted octanol–water partition coefficient (Wildman–Crippen LogP) is 1.03. The molecule has 1 N–H and O–H groups in total. The minimum atomic E-state index is 0.313. The molecule has 0 saturated carbocycles. The van der Waals surface area contributed by atoms with Crippen molar-refractivity contribution in [3.63, 3.8) is 0 Å². The normalized spacial score (nSPS) is 31.6. The molecule has 112 valence electrons. The first-order valence-electron chi connectivity index (χ1n) is 7.73. The van der Waals surface area contributed by atoms with Crippen molar-refractivity contribution in [1.29, 1.82) is 0 Å². The van der Waals surface area contributed by atoms with Crippen LogP contribution in [0.1, 0.15) is 27.2 Å². The van der Waals surface area contributed by atoms with Gasteiger partial charge in [0.15, 0.2) is 0 Å². The Morgan fingerprint density at radius 3 is 2.42 bits per heavy atom. The van der Waals surface area contributed by atoms with Crippen molar-refractivity contribution < 1.29 is 4.74 Å². The lowest BCUT2D eigenvalue weighted by Gasteiger charge is -2.44. The van der Waals surface area contributed by atoms with E-state index in [1.54, 1.807) is 0 Å². The Morgan fingerprint density at radius 2 is 1.84 bits per heavy atom. The Labute approximate surface area is 118 Å². The molecule has 0 aromatic carbocycles. The quantitative estimate of drug-likeness (QED) is 0.828. The lowest BCUT2D eigenvalue weighted by molar-refractivity contribution is 0.00169. The molecule has 4 nitrogen and oxygen atoms in total. The fourth-order valence-electron chi connectivity index (χ4n) is 3.29. The van der Waals surface area contributed by atoms with E-state index >= 15 is 0 Å². The van der Waals surface area contributed by atoms with Gasteiger partial charge in [0.05, 0.1) is 6.61 Å². The van der Waals surface area contributed by atoms with Gasteiger partial charge in [0.2, 0.25) is 0 Å². The Hall–Kier alpha value is -0.160. The van der Waals surface area contributed by atoms with Crippen LogP contribution in [0.5, 0.6) is 0 Å². The molecule has 2 fully saturated rings. The maximum Gasteiger partial charge on any atom is 0.0521 e. The number of ether oxygens (including phenoxy) is 1. The minimum Gasteiger partial charge on any atom is -0.381 e. The molecule has 0 amide bonds. The lowest BCUT2D eigenvalue weighted by atomic mass is 9.95. The van der Waals surface area contributed by atoms with Gasteiger partial charge in [0, 0.05) is 56.8 Å². The summed E-state index contributed by atoms with van der Waals surface area (Å²) in [4.78, 5) is 5.21. The highest BCUT2D eigenvalue weighted by molar-refractivity contribution is 4.85. The average Bonchev–Trinajstić information content (AvgIpc) is 2.39. The van der Waals surface area contributed by atoms with Gasteiger partial charge in [-0.1, -0.05) is 0 Å². The summed E-state index contributed by atoms with van der Waals surface area (Å²) in [7, 11) is 2.08. The maximum atomic E-state index is 5.65. The Morgan fingerprint density at radius 1 is 1.16 bits per heavy atom. The second-order valence-corrected chi connectivity index (χ2v) is 6.98. The van der Waals surface area contributed by atoms with E-state index in [1.807, 2.05) is 0 Å². The van der Waals surface area contributed by atoms with Crippen LogP contribution in [0, 0.1) is 5.92 Å². The van der Waals surface area contributed by atoms with Crippen LogP contribution < -0.4 is 5.32 Å². The monoisotopic (exact) mass is 269 g/mol. The first kappa shape index (κ1) is 15.2. The summed E-state index contributed by atoms with van der Waals surface area (Å²) in [5, 5.41) is 3.46. The van der Waals surface area contributed by atoms with Gasteiger partial charge in [0.25, 0.3) is 0 Å². The number of hydrogen-bond donors (Lipinski definition) is 1. The highest BCUT2D eigenvalue weighted by Gasteiger charge is 2.30. The van der Waals surface area contributed by atoms with Gasteiger partial charge in [0.1, 0.15) is 0 Å². The summed E-state index contributed by atoms with van der Waals surface area (Å²) in [6.07, 6.45) is 1.16. The standard InChI is InChI=1S/C15H31N3O/c1-15(2,3)18-8-6-17(7-9-18)11-13-12-19-10-5-14(13)16-4/h13-14,16H,5-12H2,1-4H3. The highest BCUT2D eigenvalue weighted by Crippen LogP contribution is 2.19. The van der Waals surface area contributed by atoms with Crippen molar-refractivity contribution >= 4 is 0 Å². The van der Waals surface area contributed by atoms with E-state index in [-0.39, 0.29) is 0 Å². The molecule has 2 heterocycles. The second-order valence-electron chi connectivity index (χ2n) is 6.98. The third kappa shape index (κ3) is 4.15. The number of hydrogen-bond acceptors (Lipinski definition) is 4. The molecule has 0 bridgehead atoms. The van der Waals surface area contributed by atoms with E-state index < -0.39 is 0 Å². The highest BCUT2D eigenvalue weighted by atomic mass is 16.5. The summed E-state index contributed by atoms with van der Waals surface area (Å²) in [5.74, 6) is 0.653. The van der Waals surface area contributed by atoms with E-state index in [4.69, 9.17) is 4.74 Å². The minimum absolute atomic E-state index is 0.313. The molecule has 19 heavy (non-hydrogen) atoms. The zero-order valence-corrected chi connectivity index (χ0v) is 13.1. The lowest BCUT2D eigenvalue weighted by Crippen LogP contribution is -2.55. The van der Waals surface area contributed by atoms with Crippen molar-refractivity contribution in [2.24, 2.45) is 5.92 Å². The zero-order chi connectivity index (χ0) is 13.9. The first-order valence-corrected chi connectivity index (χ1v) is 7.73. The molecule has 2 aliphatic rings. The van der Waals surface area contributed by atoms with E-state index in [1.165, 1.54) is 32.7 Å². The molecule has 2 rings (SSSR count). The van der Waals surface area contributed by atoms with Gasteiger partial charge in [-0.05, 0) is 34.2 Å². The average molecular weight is 269 g/mol. The van der Waals surface area contributed by atoms with Gasteiger partial charge >= 0.3 is 0 Å². The number of rotatable bonds is 3. The fourth-order valence-corrected chi connectivity index (χ4v) is 3.29. The fraction of sp³-hybridized carbons (Fsp3) is 1.00. The van der Waals surface area contributed by atoms with Gasteiger partial charge in [-0.2, -0.15) is 0 Å². The summed E-state index contributed by atoms with van der Waals surface area (Å²) >= 11 is 0. The van der Waals surface area contributed by atoms with Crippen molar-refractivity contribution in [3.8, 4) is 0 Å². The Balaban J connectivity index is 1.78. The van der Waals surface area contributed by atoms with Crippen molar-refractivity contribution in [1.82, 2.24) is 15.1 Å². The smallest absolute Gasteiger partial charge is 0.0521 e. The van der Waals surface area contributed by atoms with Crippen LogP contribution >= 0.6 is 0 Å². The summed E-state index contributed by atoms with van der Waals surface area (Å²) in [6.45, 7) is 14.8. The predicted molar refractivity (Wildman–Crippen MR) is 79.5 cm³/mol. The molecule has 0 spiro atoms. The topological polar surface area (TPSA) is 27.7 Å². The third-order valence-electron chi connectivity index (χ3n) is 4.66. The number of nitrogens with one attached hydrogen (secondary N) is 1. The maximum absolute atomic E-state index is 5.65. The van der Waals surface area contributed by atoms with Crippen LogP contribution in [0.4, 0.5) is 0 Å². The number of piperazine rings is 1. The van der Waals surface area contributed by atoms with E-state index in [2.05, 4.69) is 42.9 Å². The molecule has 2 saturated heterocycles. The molecular weight excluding hydrogens is 238 g/mol. The molecule has 2 aliphatic heterocycles. The largest absolute Gasteiger partial charge is 0.381 e. The van der Waals surface area contributed by atoms with Crippen molar-refractivity contribution in [2.75, 3.05) is 53.0 Å². The molecule has 0 aliphatic carbocycles. The van der Waals surface area contributed by atoms with Crippen molar-refractivity contribution in [3.05, 3.63) is 0 Å². The second kappa shape index (κ2) is 6.53. The molecular formula is C15H31N3O. The Kier molecular flexibility index (Phi) is 5.23. The number of nitrogens with zero attached hydrogens (tertiary/aromatic N) is 2. The molecule has 2 unspecified atom stereocenters. The molecule has 0 aromatic heterocycles. The van der Waals surface area contributed by atoms with Gasteiger partial charge < -0.3 is 15.0 Å². The molecule has 4 heteroatoms. The summed E-state index contributed by atoms with van der Waals surface area (Å²) < 4.78 is 5.65. The van der Waals surface area contributed by atoms with Crippen LogP contribution in [0.15, 0.2) is 0 Å². The van der Waals surface area contributed by atoms with Crippen LogP contribution in [0.3, 0.4) is 0 Å². The SMILES string of the molecule is CNC1CCOCC1CN1CCN(C(C)(C)C)CC1. The van der Waals surface area contributed by atoms with E-state index in [0.29, 0.717) is 17.5 Å². The summed E-state index contributed by atoms with van der Waals surface area (Å²) in [5.41, 5.74) is 0.313. The van der Waals surface area contributed by atoms with E-state index in [9.17, 15) is 0 Å². The Bertz CT molecular complexity index is 269.